The van der Waals surface area contributed by atoms with Gasteiger partial charge in [-0.25, -0.2) is 9.97 Å². The van der Waals surface area contributed by atoms with Crippen molar-refractivity contribution < 1.29 is 14.6 Å². The molecule has 1 N–H and O–H groups in total. The summed E-state index contributed by atoms with van der Waals surface area (Å²) in [5.74, 6) is -0.237. The smallest absolute Gasteiger partial charge is 0.323 e. The van der Waals surface area contributed by atoms with E-state index in [4.69, 9.17) is 9.84 Å². The zero-order chi connectivity index (χ0) is 11.5. The number of carboxylic acid groups (broad SMARTS) is 1. The fourth-order valence-corrected chi connectivity index (χ4v) is 1.75. The van der Waals surface area contributed by atoms with Gasteiger partial charge in [0.25, 0.3) is 0 Å². The van der Waals surface area contributed by atoms with Gasteiger partial charge in [0, 0.05) is 19.0 Å². The maximum atomic E-state index is 10.6. The number of carboxylic acids is 1. The Labute approximate surface area is 92.9 Å². The molecule has 2 heterocycles. The summed E-state index contributed by atoms with van der Waals surface area (Å²) in [5, 5.41) is 8.73. The summed E-state index contributed by atoms with van der Waals surface area (Å²) in [4.78, 5) is 20.5. The van der Waals surface area contributed by atoms with Crippen LogP contribution in [0.2, 0.25) is 0 Å². The van der Waals surface area contributed by atoms with Gasteiger partial charge in [0.1, 0.15) is 18.7 Å². The van der Waals surface area contributed by atoms with Crippen LogP contribution in [0.5, 0.6) is 0 Å². The molecule has 0 unspecified atom stereocenters. The molecule has 0 saturated carbocycles. The Morgan fingerprint density at radius 3 is 3.19 bits per heavy atom. The summed E-state index contributed by atoms with van der Waals surface area (Å²) >= 11 is 0. The predicted octanol–water partition coefficient (Wildman–Crippen LogP) is 0.0701. The fourth-order valence-electron chi connectivity index (χ4n) is 1.75. The van der Waals surface area contributed by atoms with Gasteiger partial charge in [0.05, 0.1) is 18.9 Å². The monoisotopic (exact) mass is 223 g/mol. The zero-order valence-corrected chi connectivity index (χ0v) is 9.01. The van der Waals surface area contributed by atoms with E-state index in [1.807, 2.05) is 0 Å². The minimum absolute atomic E-state index is 0.0799. The fraction of sp³-hybridized carbons (Fsp3) is 0.500. The van der Waals surface area contributed by atoms with Gasteiger partial charge in [-0.05, 0) is 0 Å². The summed E-state index contributed by atoms with van der Waals surface area (Å²) in [7, 11) is 1.70. The van der Waals surface area contributed by atoms with Crippen molar-refractivity contribution >= 4 is 11.8 Å². The molecule has 0 aromatic carbocycles. The zero-order valence-electron chi connectivity index (χ0n) is 9.01. The van der Waals surface area contributed by atoms with E-state index in [-0.39, 0.29) is 6.54 Å². The van der Waals surface area contributed by atoms with Crippen LogP contribution in [0.25, 0.3) is 0 Å². The van der Waals surface area contributed by atoms with Crippen LogP contribution in [0.1, 0.15) is 11.3 Å². The van der Waals surface area contributed by atoms with Crippen LogP contribution in [0, 0.1) is 0 Å². The van der Waals surface area contributed by atoms with E-state index in [0.717, 1.165) is 17.7 Å². The molecular formula is C10H13N3O3. The molecule has 0 radical (unpaired) electrons. The van der Waals surface area contributed by atoms with Crippen molar-refractivity contribution in [3.8, 4) is 0 Å². The lowest BCUT2D eigenvalue weighted by Gasteiger charge is -2.23. The van der Waals surface area contributed by atoms with E-state index >= 15 is 0 Å². The first kappa shape index (κ1) is 10.8. The SMILES string of the molecule is CN(CC(=O)O)c1ncnc2c1COCC2. The van der Waals surface area contributed by atoms with Gasteiger partial charge in [-0.15, -0.1) is 0 Å². The maximum absolute atomic E-state index is 10.6. The Bertz CT molecular complexity index is 408. The Kier molecular flexibility index (Phi) is 3.00. The van der Waals surface area contributed by atoms with Crippen molar-refractivity contribution in [1.82, 2.24) is 9.97 Å². The number of aliphatic carboxylic acids is 1. The molecule has 1 aliphatic rings. The third kappa shape index (κ3) is 2.11. The molecule has 0 bridgehead atoms. The van der Waals surface area contributed by atoms with Gasteiger partial charge < -0.3 is 14.7 Å². The Morgan fingerprint density at radius 1 is 1.62 bits per heavy atom. The van der Waals surface area contributed by atoms with Crippen molar-refractivity contribution in [2.24, 2.45) is 0 Å². The van der Waals surface area contributed by atoms with E-state index in [9.17, 15) is 4.79 Å². The van der Waals surface area contributed by atoms with E-state index < -0.39 is 5.97 Å². The van der Waals surface area contributed by atoms with Crippen molar-refractivity contribution in [3.05, 3.63) is 17.6 Å². The van der Waals surface area contributed by atoms with Crippen LogP contribution in [-0.2, 0) is 22.6 Å². The number of carbonyl (C=O) groups is 1. The Balaban J connectivity index is 2.29. The average molecular weight is 223 g/mol. The summed E-state index contributed by atoms with van der Waals surface area (Å²) in [6, 6.07) is 0. The number of aromatic nitrogens is 2. The highest BCUT2D eigenvalue weighted by Crippen LogP contribution is 2.23. The molecule has 86 valence electrons. The predicted molar refractivity (Wildman–Crippen MR) is 56.3 cm³/mol. The number of likely N-dealkylation sites (N-methyl/N-ethyl adjacent to an activating group) is 1. The van der Waals surface area contributed by atoms with Crippen LogP contribution < -0.4 is 4.90 Å². The molecule has 0 aliphatic carbocycles. The summed E-state index contributed by atoms with van der Waals surface area (Å²) < 4.78 is 5.34. The average Bonchev–Trinajstić information content (AvgIpc) is 2.27. The molecular weight excluding hydrogens is 210 g/mol. The Morgan fingerprint density at radius 2 is 2.44 bits per heavy atom. The third-order valence-corrected chi connectivity index (χ3v) is 2.48. The minimum atomic E-state index is -0.883. The molecule has 0 saturated heterocycles. The lowest BCUT2D eigenvalue weighted by molar-refractivity contribution is -0.135. The molecule has 1 aromatic rings. The first-order chi connectivity index (χ1) is 7.68. The van der Waals surface area contributed by atoms with E-state index in [1.165, 1.54) is 6.33 Å². The topological polar surface area (TPSA) is 75.6 Å². The Hall–Kier alpha value is -1.69. The lowest BCUT2D eigenvalue weighted by Crippen LogP contribution is -2.28. The molecule has 6 nitrogen and oxygen atoms in total. The third-order valence-electron chi connectivity index (χ3n) is 2.48. The standard InChI is InChI=1S/C10H13N3O3/c1-13(4-9(14)15)10-7-5-16-3-2-8(7)11-6-12-10/h6H,2-5H2,1H3,(H,14,15). The second-order valence-corrected chi connectivity index (χ2v) is 3.67. The van der Waals surface area contributed by atoms with Crippen LogP contribution in [-0.4, -0.2) is 41.2 Å². The van der Waals surface area contributed by atoms with Gasteiger partial charge in [-0.2, -0.15) is 0 Å². The van der Waals surface area contributed by atoms with Gasteiger partial charge in [0.2, 0.25) is 0 Å². The molecule has 0 amide bonds. The van der Waals surface area contributed by atoms with E-state index in [1.54, 1.807) is 11.9 Å². The number of hydrogen-bond donors (Lipinski definition) is 1. The first-order valence-electron chi connectivity index (χ1n) is 5.02. The van der Waals surface area contributed by atoms with E-state index in [0.29, 0.717) is 19.0 Å². The summed E-state index contributed by atoms with van der Waals surface area (Å²) in [6.45, 7) is 1.03. The highest BCUT2D eigenvalue weighted by Gasteiger charge is 2.19. The number of hydrogen-bond acceptors (Lipinski definition) is 5. The van der Waals surface area contributed by atoms with Crippen molar-refractivity contribution in [3.63, 3.8) is 0 Å². The second-order valence-electron chi connectivity index (χ2n) is 3.67. The first-order valence-corrected chi connectivity index (χ1v) is 5.02. The number of ether oxygens (including phenoxy) is 1. The van der Waals surface area contributed by atoms with Gasteiger partial charge in [-0.3, -0.25) is 4.79 Å². The maximum Gasteiger partial charge on any atom is 0.323 e. The number of nitrogens with zero attached hydrogens (tertiary/aromatic N) is 3. The quantitative estimate of drug-likeness (QED) is 0.781. The number of anilines is 1. The highest BCUT2D eigenvalue weighted by atomic mass is 16.5. The van der Waals surface area contributed by atoms with Crippen LogP contribution in [0.3, 0.4) is 0 Å². The van der Waals surface area contributed by atoms with Crippen LogP contribution in [0.15, 0.2) is 6.33 Å². The van der Waals surface area contributed by atoms with Gasteiger partial charge >= 0.3 is 5.97 Å². The van der Waals surface area contributed by atoms with Crippen molar-refractivity contribution in [2.75, 3.05) is 25.1 Å². The molecule has 1 aliphatic heterocycles. The molecule has 6 heteroatoms. The highest BCUT2D eigenvalue weighted by molar-refractivity contribution is 5.73. The normalized spacial score (nSPS) is 14.3. The molecule has 0 atom stereocenters. The van der Waals surface area contributed by atoms with Gasteiger partial charge in [0.15, 0.2) is 0 Å². The number of fused-ring (bicyclic) bond motifs is 1. The lowest BCUT2D eigenvalue weighted by atomic mass is 10.1. The summed E-state index contributed by atoms with van der Waals surface area (Å²) in [5.41, 5.74) is 1.85. The van der Waals surface area contributed by atoms with Crippen LogP contribution in [0.4, 0.5) is 5.82 Å². The molecule has 16 heavy (non-hydrogen) atoms. The van der Waals surface area contributed by atoms with Crippen molar-refractivity contribution in [2.45, 2.75) is 13.0 Å². The minimum Gasteiger partial charge on any atom is -0.480 e. The largest absolute Gasteiger partial charge is 0.480 e. The van der Waals surface area contributed by atoms with Crippen molar-refractivity contribution in [1.29, 1.82) is 0 Å². The number of rotatable bonds is 3. The van der Waals surface area contributed by atoms with Gasteiger partial charge in [-0.1, -0.05) is 0 Å². The second kappa shape index (κ2) is 4.44. The molecule has 0 fully saturated rings. The molecule has 1 aromatic heterocycles. The van der Waals surface area contributed by atoms with E-state index in [2.05, 4.69) is 9.97 Å². The molecule has 0 spiro atoms. The molecule has 2 rings (SSSR count). The summed E-state index contributed by atoms with van der Waals surface area (Å²) in [6.07, 6.45) is 2.23. The van der Waals surface area contributed by atoms with Crippen LogP contribution >= 0.6 is 0 Å².